The number of methoxy groups -OCH3 is 1. The van der Waals surface area contributed by atoms with Crippen LogP contribution in [0, 0.1) is 0 Å². The van der Waals surface area contributed by atoms with Crippen molar-refractivity contribution >= 4 is 28.9 Å². The van der Waals surface area contributed by atoms with Crippen LogP contribution in [-0.4, -0.2) is 73.9 Å². The minimum Gasteiger partial charge on any atom is -0.494 e. The molecule has 0 spiro atoms. The van der Waals surface area contributed by atoms with E-state index in [2.05, 4.69) is 67.4 Å². The van der Waals surface area contributed by atoms with Crippen LogP contribution in [0.15, 0.2) is 61.1 Å². The van der Waals surface area contributed by atoms with E-state index < -0.39 is 11.8 Å². The van der Waals surface area contributed by atoms with Gasteiger partial charge in [-0.05, 0) is 36.7 Å². The Morgan fingerprint density at radius 3 is 2.67 bits per heavy atom. The zero-order valence-electron chi connectivity index (χ0n) is 21.8. The number of ether oxygens (including phenoxy) is 1. The number of hydrogen-bond donors (Lipinski definition) is 3. The average Bonchev–Trinajstić information content (AvgIpc) is 3.65. The van der Waals surface area contributed by atoms with Crippen LogP contribution in [0.5, 0.6) is 5.75 Å². The fourth-order valence-corrected chi connectivity index (χ4v) is 4.79. The highest BCUT2D eigenvalue weighted by Gasteiger charge is 2.21. The lowest BCUT2D eigenvalue weighted by Gasteiger charge is -2.26. The molecule has 0 saturated heterocycles. The summed E-state index contributed by atoms with van der Waals surface area (Å²) >= 11 is 0. The van der Waals surface area contributed by atoms with E-state index in [1.807, 2.05) is 12.3 Å². The molecule has 202 valence electrons. The summed E-state index contributed by atoms with van der Waals surface area (Å²) in [5, 5.41) is 15.6. The molecule has 0 unspecified atom stereocenters. The number of carbonyl (C=O) groups is 3. The van der Waals surface area contributed by atoms with Gasteiger partial charge in [-0.15, -0.1) is 0 Å². The normalized spacial score (nSPS) is 12.8. The van der Waals surface area contributed by atoms with Crippen LogP contribution in [0.2, 0.25) is 0 Å². The van der Waals surface area contributed by atoms with Crippen LogP contribution < -0.4 is 4.74 Å². The van der Waals surface area contributed by atoms with E-state index in [0.717, 1.165) is 25.2 Å². The Balaban J connectivity index is 0.000000168. The number of nitrogens with one attached hydrogen (secondary N) is 2. The second-order valence-corrected chi connectivity index (χ2v) is 9.23. The van der Waals surface area contributed by atoms with Gasteiger partial charge in [0.25, 0.3) is 0 Å². The number of benzene rings is 1. The van der Waals surface area contributed by atoms with Crippen molar-refractivity contribution in [1.29, 1.82) is 0 Å². The highest BCUT2D eigenvalue weighted by atomic mass is 16.5. The Hall–Kier alpha value is -5.16. The van der Waals surface area contributed by atoms with Crippen LogP contribution in [-0.2, 0) is 17.8 Å². The maximum Gasteiger partial charge on any atom is 0.353 e. The molecule has 1 aromatic carbocycles. The van der Waals surface area contributed by atoms with Crippen molar-refractivity contribution in [3.8, 4) is 28.4 Å². The van der Waals surface area contributed by atoms with Gasteiger partial charge in [0.1, 0.15) is 22.8 Å². The zero-order valence-corrected chi connectivity index (χ0v) is 21.8. The first-order valence-corrected chi connectivity index (χ1v) is 12.4. The molecular formula is C29H26N6O5. The minimum absolute atomic E-state index is 0.0958. The van der Waals surface area contributed by atoms with Crippen LogP contribution in [0.1, 0.15) is 32.0 Å². The maximum absolute atomic E-state index is 11.7. The van der Waals surface area contributed by atoms with Crippen molar-refractivity contribution in [2.75, 3.05) is 20.7 Å². The molecule has 1 aliphatic rings. The number of aldehydes is 1. The van der Waals surface area contributed by atoms with Gasteiger partial charge in [-0.2, -0.15) is 5.10 Å². The molecule has 5 heterocycles. The van der Waals surface area contributed by atoms with Crippen molar-refractivity contribution in [1.82, 2.24) is 30.0 Å². The van der Waals surface area contributed by atoms with E-state index in [0.29, 0.717) is 22.3 Å². The summed E-state index contributed by atoms with van der Waals surface area (Å²) in [5.41, 5.74) is 6.39. The number of pyridine rings is 2. The number of ketones is 1. The molecule has 11 nitrogen and oxygen atoms in total. The number of H-pyrrole nitrogens is 2. The monoisotopic (exact) mass is 538 g/mol. The Morgan fingerprint density at radius 2 is 1.98 bits per heavy atom. The number of likely N-dealkylation sites (N-methyl/N-ethyl adjacent to an activating group) is 1. The van der Waals surface area contributed by atoms with Gasteiger partial charge in [0.2, 0.25) is 5.78 Å². The second kappa shape index (κ2) is 11.3. The number of aromatic amines is 2. The number of aromatic nitrogens is 5. The molecule has 0 atom stereocenters. The molecule has 0 bridgehead atoms. The van der Waals surface area contributed by atoms with Gasteiger partial charge >= 0.3 is 5.97 Å². The second-order valence-electron chi connectivity index (χ2n) is 9.23. The Bertz CT molecular complexity index is 1710. The molecule has 0 saturated carbocycles. The first kappa shape index (κ1) is 26.4. The van der Waals surface area contributed by atoms with Crippen molar-refractivity contribution < 1.29 is 24.2 Å². The summed E-state index contributed by atoms with van der Waals surface area (Å²) in [6, 6.07) is 14.0. The van der Waals surface area contributed by atoms with Crippen LogP contribution in [0.25, 0.3) is 33.5 Å². The summed E-state index contributed by atoms with van der Waals surface area (Å²) in [6.45, 7) is 2.19. The van der Waals surface area contributed by atoms with Crippen LogP contribution in [0.4, 0.5) is 0 Å². The minimum atomic E-state index is -1.16. The van der Waals surface area contributed by atoms with E-state index in [1.54, 1.807) is 0 Å². The highest BCUT2D eigenvalue weighted by molar-refractivity contribution is 6.37. The molecule has 0 aliphatic carbocycles. The van der Waals surface area contributed by atoms with E-state index in [-0.39, 0.29) is 23.2 Å². The molecule has 0 fully saturated rings. The maximum atomic E-state index is 11.7. The molecule has 4 aromatic heterocycles. The molecule has 3 N–H and O–H groups in total. The third-order valence-corrected chi connectivity index (χ3v) is 6.72. The first-order chi connectivity index (χ1) is 19.4. The number of carboxylic acids is 1. The lowest BCUT2D eigenvalue weighted by Crippen LogP contribution is -2.26. The van der Waals surface area contributed by atoms with Gasteiger partial charge in [-0.3, -0.25) is 19.7 Å². The summed E-state index contributed by atoms with van der Waals surface area (Å²) in [5.74, 6) is -1.55. The van der Waals surface area contributed by atoms with E-state index in [9.17, 15) is 14.4 Å². The fraction of sp³-hybridized carbons (Fsp3) is 0.172. The van der Waals surface area contributed by atoms with E-state index in [4.69, 9.17) is 9.84 Å². The van der Waals surface area contributed by atoms with Crippen molar-refractivity contribution in [3.05, 3.63) is 83.4 Å². The van der Waals surface area contributed by atoms with Crippen molar-refractivity contribution in [2.45, 2.75) is 13.0 Å². The molecule has 40 heavy (non-hydrogen) atoms. The van der Waals surface area contributed by atoms with Gasteiger partial charge in [-0.25, -0.2) is 9.78 Å². The topological polar surface area (TPSA) is 154 Å². The predicted octanol–water partition coefficient (Wildman–Crippen LogP) is 3.78. The van der Waals surface area contributed by atoms with Crippen LogP contribution >= 0.6 is 0 Å². The molecule has 5 aromatic rings. The fourth-order valence-electron chi connectivity index (χ4n) is 4.79. The van der Waals surface area contributed by atoms with Gasteiger partial charge < -0.3 is 19.7 Å². The zero-order chi connectivity index (χ0) is 28.2. The molecule has 0 amide bonds. The largest absolute Gasteiger partial charge is 0.494 e. The van der Waals surface area contributed by atoms with Gasteiger partial charge in [-0.1, -0.05) is 24.3 Å². The lowest BCUT2D eigenvalue weighted by atomic mass is 9.93. The van der Waals surface area contributed by atoms with Crippen molar-refractivity contribution in [3.63, 3.8) is 0 Å². The Kier molecular flexibility index (Phi) is 7.47. The number of rotatable bonds is 6. The Morgan fingerprint density at radius 1 is 1.12 bits per heavy atom. The van der Waals surface area contributed by atoms with E-state index in [1.165, 1.54) is 42.3 Å². The molecule has 1 aliphatic heterocycles. The average molecular weight is 539 g/mol. The number of nitrogens with zero attached hydrogens (tertiary/aromatic N) is 4. The van der Waals surface area contributed by atoms with Gasteiger partial charge in [0.05, 0.1) is 35.5 Å². The third kappa shape index (κ3) is 5.09. The Labute approximate surface area is 228 Å². The quantitative estimate of drug-likeness (QED) is 0.166. The summed E-state index contributed by atoms with van der Waals surface area (Å²) in [4.78, 5) is 47.3. The SMILES string of the molecule is CN1CCc2c(cccc2-c2ccccn2)C1.COc1cnc(-c2cc(C(=O)O)[nH]n2)c2[nH]cc(C(=O)C=O)c12. The number of aromatic carboxylic acids is 1. The van der Waals surface area contributed by atoms with E-state index >= 15 is 0 Å². The molecular weight excluding hydrogens is 512 g/mol. The van der Waals surface area contributed by atoms with Crippen molar-refractivity contribution in [2.24, 2.45) is 0 Å². The molecule has 6 rings (SSSR count). The number of carboxylic acid groups (broad SMARTS) is 1. The molecule has 11 heteroatoms. The predicted molar refractivity (Wildman–Crippen MR) is 147 cm³/mol. The number of hydrogen-bond acceptors (Lipinski definition) is 8. The number of fused-ring (bicyclic) bond motifs is 2. The highest BCUT2D eigenvalue weighted by Crippen LogP contribution is 2.34. The molecule has 0 radical (unpaired) electrons. The first-order valence-electron chi connectivity index (χ1n) is 12.4. The smallest absolute Gasteiger partial charge is 0.353 e. The third-order valence-electron chi connectivity index (χ3n) is 6.72. The summed E-state index contributed by atoms with van der Waals surface area (Å²) < 4.78 is 5.18. The van der Waals surface area contributed by atoms with Crippen LogP contribution in [0.3, 0.4) is 0 Å². The standard InChI is InChI=1S/C15H16N2.C14H10N4O5/c1-17-10-8-13-12(11-17)5-4-6-14(13)15-7-2-3-9-16-15;1-23-10-4-16-12(7-2-8(14(21)22)18-17-7)13-11(10)6(3-15-13)9(20)5-19/h2-7,9H,8,10-11H2,1H3;2-5,15H,1H3,(H,17,18)(H,21,22). The number of Topliss-reactive ketones (excluding diaryl/α,β-unsaturated/α-hetero) is 1. The lowest BCUT2D eigenvalue weighted by molar-refractivity contribution is -0.104. The van der Waals surface area contributed by atoms with Gasteiger partial charge in [0.15, 0.2) is 6.29 Å². The van der Waals surface area contributed by atoms with Gasteiger partial charge in [0, 0.05) is 37.1 Å². The number of carbonyl (C=O) groups excluding carboxylic acids is 2. The summed E-state index contributed by atoms with van der Waals surface area (Å²) in [6.07, 6.45) is 5.95. The summed E-state index contributed by atoms with van der Waals surface area (Å²) in [7, 11) is 3.59.